The first kappa shape index (κ1) is 53.9. The number of hydrogen-bond acceptors (Lipinski definition) is 10. The van der Waals surface area contributed by atoms with Crippen LogP contribution in [0.5, 0.6) is 0 Å². The molecule has 0 rings (SSSR count). The molecule has 0 saturated carbocycles. The van der Waals surface area contributed by atoms with Gasteiger partial charge in [0.25, 0.3) is 0 Å². The normalized spacial score (nSPS) is 15.4. The number of rotatable bonds is 37. The molecule has 324 valence electrons. The average Bonchev–Trinajstić information content (AvgIpc) is 3.19. The molecular formula is C45H74NO10P. The third-order valence-electron chi connectivity index (χ3n) is 8.17. The van der Waals surface area contributed by atoms with E-state index in [4.69, 9.17) is 24.3 Å². The average molecular weight is 820 g/mol. The zero-order valence-corrected chi connectivity index (χ0v) is 35.6. The van der Waals surface area contributed by atoms with Crippen LogP contribution in [0.1, 0.15) is 129 Å². The zero-order chi connectivity index (χ0) is 42.1. The Labute approximate surface area is 343 Å². The Morgan fingerprint density at radius 3 is 1.63 bits per heavy atom. The smallest absolute Gasteiger partial charge is 0.462 e. The van der Waals surface area contributed by atoms with Crippen LogP contribution in [0.15, 0.2) is 97.2 Å². The van der Waals surface area contributed by atoms with Crippen molar-refractivity contribution in [2.45, 2.75) is 148 Å². The third kappa shape index (κ3) is 38.2. The van der Waals surface area contributed by atoms with Crippen molar-refractivity contribution in [3.8, 4) is 0 Å². The Kier molecular flexibility index (Phi) is 37.5. The summed E-state index contributed by atoms with van der Waals surface area (Å²) in [7, 11) is -4.46. The predicted molar refractivity (Wildman–Crippen MR) is 231 cm³/mol. The van der Waals surface area contributed by atoms with Crippen molar-refractivity contribution in [2.75, 3.05) is 26.4 Å². The van der Waals surface area contributed by atoms with Gasteiger partial charge < -0.3 is 30.3 Å². The molecule has 5 N–H and O–H groups in total. The number of ether oxygens (including phenoxy) is 2. The predicted octanol–water partition coefficient (Wildman–Crippen LogP) is 9.77. The van der Waals surface area contributed by atoms with E-state index in [0.29, 0.717) is 6.42 Å². The highest BCUT2D eigenvalue weighted by Crippen LogP contribution is 2.43. The molecule has 4 atom stereocenters. The number of carbonyl (C=O) groups excluding carboxylic acids is 2. The van der Waals surface area contributed by atoms with Crippen LogP contribution in [0.25, 0.3) is 0 Å². The SMILES string of the molecule is CC/C=C\C/C=C\C/C=C\C/C=C\CCCCCCC(=O)O[C@H](COC(=O)CCC[C@H](O)[C@@H](O)C/C=C\C/C=C\C/C=C\C/C=C\CC)COP(=O)(O)OCCN. The second kappa shape index (κ2) is 39.7. The van der Waals surface area contributed by atoms with Crippen LogP contribution in [-0.4, -0.2) is 71.7 Å². The van der Waals surface area contributed by atoms with Crippen molar-refractivity contribution in [3.05, 3.63) is 97.2 Å². The number of phosphoric acid groups is 1. The van der Waals surface area contributed by atoms with Gasteiger partial charge in [-0.3, -0.25) is 18.6 Å². The van der Waals surface area contributed by atoms with Gasteiger partial charge in [-0.2, -0.15) is 0 Å². The van der Waals surface area contributed by atoms with Crippen LogP contribution in [0.2, 0.25) is 0 Å². The minimum Gasteiger partial charge on any atom is -0.462 e. The van der Waals surface area contributed by atoms with Crippen LogP contribution < -0.4 is 5.73 Å². The third-order valence-corrected chi connectivity index (χ3v) is 9.15. The summed E-state index contributed by atoms with van der Waals surface area (Å²) in [6, 6.07) is 0. The molecule has 57 heavy (non-hydrogen) atoms. The topological polar surface area (TPSA) is 175 Å². The molecule has 1 unspecified atom stereocenters. The van der Waals surface area contributed by atoms with Gasteiger partial charge in [0.2, 0.25) is 0 Å². The summed E-state index contributed by atoms with van der Waals surface area (Å²) in [6.07, 6.45) is 43.3. The summed E-state index contributed by atoms with van der Waals surface area (Å²) in [5, 5.41) is 20.6. The number of esters is 2. The number of carbonyl (C=O) groups is 2. The second-order valence-electron chi connectivity index (χ2n) is 13.4. The van der Waals surface area contributed by atoms with Gasteiger partial charge in [0.05, 0.1) is 25.4 Å². The second-order valence-corrected chi connectivity index (χ2v) is 14.9. The van der Waals surface area contributed by atoms with Crippen LogP contribution in [-0.2, 0) is 32.7 Å². The molecule has 0 aromatic heterocycles. The number of aliphatic hydroxyl groups excluding tert-OH is 2. The maximum atomic E-state index is 12.6. The van der Waals surface area contributed by atoms with E-state index in [2.05, 4.69) is 92.8 Å². The van der Waals surface area contributed by atoms with E-state index in [1.54, 1.807) is 0 Å². The Balaban J connectivity index is 4.49. The van der Waals surface area contributed by atoms with E-state index in [0.717, 1.165) is 77.0 Å². The first-order chi connectivity index (χ1) is 27.6. The molecule has 0 fully saturated rings. The lowest BCUT2D eigenvalue weighted by molar-refractivity contribution is -0.161. The van der Waals surface area contributed by atoms with Crippen molar-refractivity contribution in [1.29, 1.82) is 0 Å². The van der Waals surface area contributed by atoms with Gasteiger partial charge in [-0.05, 0) is 89.9 Å². The van der Waals surface area contributed by atoms with Crippen LogP contribution >= 0.6 is 7.82 Å². The molecule has 0 spiro atoms. The molecule has 0 aliphatic carbocycles. The van der Waals surface area contributed by atoms with E-state index in [9.17, 15) is 29.3 Å². The fourth-order valence-corrected chi connectivity index (χ4v) is 5.77. The molecule has 0 aliphatic rings. The standard InChI is InChI=1S/C45H74NO10P/c1-3-5-7-9-11-13-15-17-18-19-20-21-23-25-27-29-31-35-45(50)56-41(40-55-57(51,52)54-38-37-46)39-53-44(49)36-32-34-43(48)42(47)33-30-28-26-24-22-16-14-12-10-8-6-4-2/h5-8,11-14,17-18,20-22,24,28,30,41-43,47-48H,3-4,9-10,15-16,19,23,25-27,29,31-40,46H2,1-2H3,(H,51,52)/b7-5-,8-6-,13-11-,14-12-,18-17-,21-20-,24-22-,30-28-/t41-,42+,43+/m1/s1. The molecular weight excluding hydrogens is 745 g/mol. The van der Waals surface area contributed by atoms with Gasteiger partial charge in [0.1, 0.15) is 6.61 Å². The molecule has 0 aromatic rings. The molecule has 0 bridgehead atoms. The lowest BCUT2D eigenvalue weighted by Crippen LogP contribution is -2.30. The monoisotopic (exact) mass is 820 g/mol. The first-order valence-electron chi connectivity index (χ1n) is 20.9. The van der Waals surface area contributed by atoms with Crippen LogP contribution in [0.3, 0.4) is 0 Å². The molecule has 0 saturated heterocycles. The fourth-order valence-electron chi connectivity index (χ4n) is 5.00. The zero-order valence-electron chi connectivity index (χ0n) is 34.7. The Bertz CT molecular complexity index is 1290. The van der Waals surface area contributed by atoms with Gasteiger partial charge in [0.15, 0.2) is 6.10 Å². The number of aliphatic hydroxyl groups is 2. The van der Waals surface area contributed by atoms with E-state index in [-0.39, 0.29) is 45.3 Å². The number of unbranched alkanes of at least 4 members (excludes halogenated alkanes) is 4. The Morgan fingerprint density at radius 2 is 1.09 bits per heavy atom. The number of phosphoric ester groups is 1. The van der Waals surface area contributed by atoms with Crippen molar-refractivity contribution < 1.29 is 47.8 Å². The summed E-state index contributed by atoms with van der Waals surface area (Å²) in [4.78, 5) is 34.9. The van der Waals surface area contributed by atoms with E-state index in [1.807, 2.05) is 18.2 Å². The molecule has 0 radical (unpaired) electrons. The fraction of sp³-hybridized carbons (Fsp3) is 0.600. The minimum atomic E-state index is -4.46. The quantitative estimate of drug-likeness (QED) is 0.0203. The molecule has 12 heteroatoms. The highest BCUT2D eigenvalue weighted by atomic mass is 31.2. The summed E-state index contributed by atoms with van der Waals surface area (Å²) in [5.41, 5.74) is 5.33. The van der Waals surface area contributed by atoms with Crippen LogP contribution in [0, 0.1) is 0 Å². The highest BCUT2D eigenvalue weighted by Gasteiger charge is 2.26. The molecule has 0 aliphatic heterocycles. The van der Waals surface area contributed by atoms with Crippen LogP contribution in [0.4, 0.5) is 0 Å². The summed E-state index contributed by atoms with van der Waals surface area (Å²) in [5.74, 6) is -1.16. The van der Waals surface area contributed by atoms with Gasteiger partial charge >= 0.3 is 19.8 Å². The summed E-state index contributed by atoms with van der Waals surface area (Å²) >= 11 is 0. The molecule has 0 aromatic carbocycles. The molecule has 0 amide bonds. The summed E-state index contributed by atoms with van der Waals surface area (Å²) < 4.78 is 32.5. The van der Waals surface area contributed by atoms with Crippen molar-refractivity contribution in [2.24, 2.45) is 5.73 Å². The van der Waals surface area contributed by atoms with Gasteiger partial charge in [-0.1, -0.05) is 124 Å². The van der Waals surface area contributed by atoms with Crippen molar-refractivity contribution in [1.82, 2.24) is 0 Å². The number of allylic oxidation sites excluding steroid dienone is 15. The highest BCUT2D eigenvalue weighted by molar-refractivity contribution is 7.47. The maximum absolute atomic E-state index is 12.6. The lowest BCUT2D eigenvalue weighted by Gasteiger charge is -2.20. The van der Waals surface area contributed by atoms with Gasteiger partial charge in [-0.15, -0.1) is 0 Å². The van der Waals surface area contributed by atoms with Gasteiger partial charge in [-0.25, -0.2) is 4.57 Å². The summed E-state index contributed by atoms with van der Waals surface area (Å²) in [6.45, 7) is 3.10. The number of hydrogen-bond donors (Lipinski definition) is 4. The largest absolute Gasteiger partial charge is 0.472 e. The molecule has 11 nitrogen and oxygen atoms in total. The van der Waals surface area contributed by atoms with E-state index >= 15 is 0 Å². The Morgan fingerprint density at radius 1 is 0.596 bits per heavy atom. The van der Waals surface area contributed by atoms with E-state index in [1.165, 1.54) is 0 Å². The Hall–Kier alpha value is -3.15. The van der Waals surface area contributed by atoms with Gasteiger partial charge in [0, 0.05) is 19.4 Å². The van der Waals surface area contributed by atoms with Crippen molar-refractivity contribution >= 4 is 19.8 Å². The maximum Gasteiger partial charge on any atom is 0.472 e. The lowest BCUT2D eigenvalue weighted by atomic mass is 10.0. The van der Waals surface area contributed by atoms with E-state index < -0.39 is 51.3 Å². The minimum absolute atomic E-state index is 0.00351. The first-order valence-corrected chi connectivity index (χ1v) is 22.4. The van der Waals surface area contributed by atoms with Crippen molar-refractivity contribution in [3.63, 3.8) is 0 Å². The number of nitrogens with two attached hydrogens (primary N) is 1. The molecule has 0 heterocycles.